The maximum atomic E-state index is 12.2. The summed E-state index contributed by atoms with van der Waals surface area (Å²) >= 11 is 2.60. The molecule has 1 aliphatic heterocycles. The van der Waals surface area contributed by atoms with Crippen LogP contribution in [0.4, 0.5) is 0 Å². The molecule has 2 heterocycles. The zero-order chi connectivity index (χ0) is 30.6. The van der Waals surface area contributed by atoms with Gasteiger partial charge in [0.25, 0.3) is 5.12 Å². The number of carbonyl (C=O) groups is 3. The summed E-state index contributed by atoms with van der Waals surface area (Å²) < 4.78 is 13.0. The summed E-state index contributed by atoms with van der Waals surface area (Å²) in [5.41, 5.74) is 8.67. The lowest BCUT2D eigenvalue weighted by atomic mass is 9.96. The summed E-state index contributed by atoms with van der Waals surface area (Å²) in [6.45, 7) is 3.86. The fourth-order valence-corrected chi connectivity index (χ4v) is 6.90. The van der Waals surface area contributed by atoms with E-state index in [9.17, 15) is 19.5 Å². The van der Waals surface area contributed by atoms with Crippen LogP contribution in [0.25, 0.3) is 21.2 Å². The van der Waals surface area contributed by atoms with Crippen LogP contribution in [-0.4, -0.2) is 39.9 Å². The zero-order valence-corrected chi connectivity index (χ0v) is 25.5. The van der Waals surface area contributed by atoms with Crippen LogP contribution in [0.5, 0.6) is 11.5 Å². The molecule has 1 fully saturated rings. The van der Waals surface area contributed by atoms with E-state index in [1.165, 1.54) is 0 Å². The van der Waals surface area contributed by atoms with Crippen molar-refractivity contribution >= 4 is 50.0 Å². The Morgan fingerprint density at radius 2 is 1.81 bits per heavy atom. The zero-order valence-electron chi connectivity index (χ0n) is 23.8. The van der Waals surface area contributed by atoms with Gasteiger partial charge in [-0.25, -0.2) is 0 Å². The highest BCUT2D eigenvalue weighted by Crippen LogP contribution is 2.38. The van der Waals surface area contributed by atoms with Crippen LogP contribution >= 0.6 is 23.1 Å². The van der Waals surface area contributed by atoms with E-state index in [4.69, 9.17) is 15.2 Å². The molecule has 43 heavy (non-hydrogen) atoms. The number of Topliss-reactive ketones (excluding diaryl/α,β-unsaturated/α-hetero) is 1. The molecule has 0 bridgehead atoms. The quantitative estimate of drug-likeness (QED) is 0.172. The Bertz CT molecular complexity index is 1750. The summed E-state index contributed by atoms with van der Waals surface area (Å²) in [6, 6.07) is 19.5. The summed E-state index contributed by atoms with van der Waals surface area (Å²) in [5, 5.41) is 13.3. The third kappa shape index (κ3) is 6.94. The van der Waals surface area contributed by atoms with Crippen LogP contribution in [0.1, 0.15) is 42.4 Å². The van der Waals surface area contributed by atoms with Crippen LogP contribution in [0.3, 0.4) is 0 Å². The Balaban J connectivity index is 1.28. The number of nitrogens with two attached hydrogens (primary N) is 1. The van der Waals surface area contributed by atoms with Crippen LogP contribution < -0.4 is 15.2 Å². The van der Waals surface area contributed by atoms with Crippen LogP contribution in [0.15, 0.2) is 66.0 Å². The maximum Gasteiger partial charge on any atom is 0.258 e. The minimum Gasteiger partial charge on any atom is -0.490 e. The number of thiophene rings is 1. The third-order valence-electron chi connectivity index (χ3n) is 7.37. The molecule has 3 aromatic carbocycles. The molecule has 1 amide bonds. The van der Waals surface area contributed by atoms with E-state index in [1.54, 1.807) is 18.3 Å². The van der Waals surface area contributed by atoms with Crippen LogP contribution in [-0.2, 0) is 21.0 Å². The first-order valence-electron chi connectivity index (χ1n) is 13.8. The van der Waals surface area contributed by atoms with E-state index >= 15 is 0 Å². The molecule has 1 aromatic heterocycles. The number of ketones is 1. The number of hydrogen-bond donors (Lipinski definition) is 2. The predicted octanol–water partition coefficient (Wildman–Crippen LogP) is 5.78. The molecular formula is C34H31NO6S2. The maximum absolute atomic E-state index is 12.2. The van der Waals surface area contributed by atoms with Gasteiger partial charge in [-0.2, -0.15) is 0 Å². The summed E-state index contributed by atoms with van der Waals surface area (Å²) in [5.74, 6) is 6.11. The Kier molecular flexibility index (Phi) is 9.21. The second-order valence-electron chi connectivity index (χ2n) is 10.5. The van der Waals surface area contributed by atoms with Crippen LogP contribution in [0, 0.1) is 18.8 Å². The molecule has 1 unspecified atom stereocenters. The summed E-state index contributed by atoms with van der Waals surface area (Å²) in [7, 11) is 0. The molecule has 3 N–H and O–H groups in total. The molecule has 0 saturated carbocycles. The normalized spacial score (nSPS) is 17.3. The van der Waals surface area contributed by atoms with Gasteiger partial charge in [-0.1, -0.05) is 41.9 Å². The van der Waals surface area contributed by atoms with Crippen molar-refractivity contribution < 1.29 is 29.0 Å². The number of hydrogen-bond acceptors (Lipinski definition) is 8. The van der Waals surface area contributed by atoms with E-state index in [0.717, 1.165) is 49.7 Å². The number of carbonyl (C=O) groups excluding carboxylic acids is 3. The SMILES string of the molecule is CC#C[C@@H](CC(N)=O)c1ccc(OCc2ccc3scc(-c4ccc(OCC5(O)CCSC(=O)C5=O)cc4C)c3c2)cc1. The standard InChI is InChI=1S/C34H31NO6S2/c1-3-4-24(17-31(35)36)23-6-8-25(9-7-23)40-18-22-5-12-30-28(16-22)29(19-43-30)27-11-10-26(15-21(27)2)41-20-34(39)13-14-42-33(38)32(34)37/h5-12,15-16,19,24,39H,13-14,17-18,20H2,1-2H3,(H2,35,36)/t24-,34?/m0/s1. The van der Waals surface area contributed by atoms with Gasteiger partial charge < -0.3 is 20.3 Å². The number of primary amides is 1. The van der Waals surface area contributed by atoms with Gasteiger partial charge in [-0.05, 0) is 84.3 Å². The average molecular weight is 614 g/mol. The molecular weight excluding hydrogens is 583 g/mol. The van der Waals surface area contributed by atoms with Crippen molar-refractivity contribution in [1.29, 1.82) is 0 Å². The Morgan fingerprint density at radius 3 is 2.53 bits per heavy atom. The molecule has 0 aliphatic carbocycles. The van der Waals surface area contributed by atoms with Crippen LogP contribution in [0.2, 0.25) is 0 Å². The number of rotatable bonds is 10. The smallest absolute Gasteiger partial charge is 0.258 e. The molecule has 1 aliphatic rings. The lowest BCUT2D eigenvalue weighted by molar-refractivity contribution is -0.148. The molecule has 0 spiro atoms. The first kappa shape index (κ1) is 30.4. The highest BCUT2D eigenvalue weighted by Gasteiger charge is 2.44. The first-order valence-corrected chi connectivity index (χ1v) is 15.6. The van der Waals surface area contributed by atoms with E-state index in [1.807, 2.05) is 49.4 Å². The number of amides is 1. The lowest BCUT2D eigenvalue weighted by Crippen LogP contribution is -2.50. The highest BCUT2D eigenvalue weighted by atomic mass is 32.2. The Morgan fingerprint density at radius 1 is 1.05 bits per heavy atom. The van der Waals surface area contributed by atoms with Crippen molar-refractivity contribution in [2.24, 2.45) is 5.73 Å². The van der Waals surface area contributed by atoms with Crippen molar-refractivity contribution in [1.82, 2.24) is 0 Å². The average Bonchev–Trinajstić information content (AvgIpc) is 3.41. The number of benzene rings is 3. The highest BCUT2D eigenvalue weighted by molar-refractivity contribution is 8.15. The Hall–Kier alpha value is -4.10. The second-order valence-corrected chi connectivity index (χ2v) is 12.4. The third-order valence-corrected chi connectivity index (χ3v) is 9.19. The van der Waals surface area contributed by atoms with Crippen molar-refractivity contribution in [3.8, 4) is 34.5 Å². The molecule has 220 valence electrons. The van der Waals surface area contributed by atoms with Crippen molar-refractivity contribution in [3.05, 3.63) is 82.7 Å². The lowest BCUT2D eigenvalue weighted by Gasteiger charge is -2.28. The number of ether oxygens (including phenoxy) is 2. The van der Waals surface area contributed by atoms with E-state index < -0.39 is 16.5 Å². The molecule has 9 heteroatoms. The fourth-order valence-electron chi connectivity index (χ4n) is 5.02. The van der Waals surface area contributed by atoms with Crippen molar-refractivity contribution in [2.75, 3.05) is 12.4 Å². The molecule has 7 nitrogen and oxygen atoms in total. The second kappa shape index (κ2) is 13.0. The van der Waals surface area contributed by atoms with Gasteiger partial charge in [0.15, 0.2) is 5.60 Å². The van der Waals surface area contributed by atoms with Gasteiger partial charge in [0.2, 0.25) is 11.7 Å². The largest absolute Gasteiger partial charge is 0.490 e. The van der Waals surface area contributed by atoms with E-state index in [-0.39, 0.29) is 31.3 Å². The van der Waals surface area contributed by atoms with Gasteiger partial charge in [0.05, 0.1) is 5.92 Å². The van der Waals surface area contributed by atoms with Crippen molar-refractivity contribution in [3.63, 3.8) is 0 Å². The molecule has 5 rings (SSSR count). The van der Waals surface area contributed by atoms with Gasteiger partial charge in [-0.15, -0.1) is 17.3 Å². The molecule has 4 aromatic rings. The summed E-state index contributed by atoms with van der Waals surface area (Å²) in [4.78, 5) is 35.4. The minimum atomic E-state index is -1.78. The minimum absolute atomic E-state index is 0.172. The fraction of sp³-hybridized carbons (Fsp3) is 0.265. The van der Waals surface area contributed by atoms with Gasteiger partial charge in [0, 0.05) is 27.8 Å². The molecule has 1 saturated heterocycles. The summed E-state index contributed by atoms with van der Waals surface area (Å²) in [6.07, 6.45) is 0.355. The van der Waals surface area contributed by atoms with E-state index in [2.05, 4.69) is 35.4 Å². The number of thioether (sulfide) groups is 1. The van der Waals surface area contributed by atoms with Crippen molar-refractivity contribution in [2.45, 2.75) is 44.8 Å². The Labute approximate surface area is 258 Å². The molecule has 2 atom stereocenters. The monoisotopic (exact) mass is 613 g/mol. The van der Waals surface area contributed by atoms with Gasteiger partial charge in [-0.3, -0.25) is 14.4 Å². The van der Waals surface area contributed by atoms with Gasteiger partial charge >= 0.3 is 0 Å². The number of fused-ring (bicyclic) bond motifs is 1. The number of aryl methyl sites for hydroxylation is 1. The molecule has 0 radical (unpaired) electrons. The predicted molar refractivity (Wildman–Crippen MR) is 170 cm³/mol. The number of aliphatic hydroxyl groups is 1. The van der Waals surface area contributed by atoms with Gasteiger partial charge in [0.1, 0.15) is 24.7 Å². The topological polar surface area (TPSA) is 116 Å². The van der Waals surface area contributed by atoms with E-state index in [0.29, 0.717) is 23.9 Å². The first-order chi connectivity index (χ1) is 20.7.